The fraction of sp³-hybridized carbons (Fsp3) is 0.389. The van der Waals surface area contributed by atoms with Crippen LogP contribution in [0, 0.1) is 0 Å². The number of rotatable bonds is 6. The van der Waals surface area contributed by atoms with Crippen LogP contribution >= 0.6 is 11.6 Å². The molecule has 3 heterocycles. The lowest BCUT2D eigenvalue weighted by Gasteiger charge is -2.22. The van der Waals surface area contributed by atoms with Crippen molar-refractivity contribution in [3.05, 3.63) is 53.2 Å². The Hall–Kier alpha value is -2.54. The van der Waals surface area contributed by atoms with Crippen molar-refractivity contribution in [3.8, 4) is 0 Å². The number of hydrogen-bond acceptors (Lipinski definition) is 3. The summed E-state index contributed by atoms with van der Waals surface area (Å²) in [6.45, 7) is 4.23. The van der Waals surface area contributed by atoms with E-state index in [1.807, 2.05) is 59.7 Å². The highest BCUT2D eigenvalue weighted by Crippen LogP contribution is 2.14. The molecule has 0 aromatic carbocycles. The fourth-order valence-electron chi connectivity index (χ4n) is 2.83. The zero-order chi connectivity index (χ0) is 18.5. The fourth-order valence-corrected chi connectivity index (χ4v) is 3.11. The van der Waals surface area contributed by atoms with Crippen LogP contribution in [0.1, 0.15) is 18.4 Å². The van der Waals surface area contributed by atoms with Gasteiger partial charge in [0.1, 0.15) is 5.82 Å². The quantitative estimate of drug-likeness (QED) is 0.532. The summed E-state index contributed by atoms with van der Waals surface area (Å²) in [5.41, 5.74) is 1.99. The summed E-state index contributed by atoms with van der Waals surface area (Å²) < 4.78 is 4.03. The van der Waals surface area contributed by atoms with E-state index >= 15 is 0 Å². The van der Waals surface area contributed by atoms with E-state index in [9.17, 15) is 0 Å². The highest BCUT2D eigenvalue weighted by atomic mass is 35.5. The number of halogens is 1. The molecule has 0 aliphatic heterocycles. The van der Waals surface area contributed by atoms with E-state index in [2.05, 4.69) is 27.3 Å². The van der Waals surface area contributed by atoms with Gasteiger partial charge in [-0.15, -0.1) is 10.2 Å². The number of guanidine groups is 1. The van der Waals surface area contributed by atoms with Gasteiger partial charge in [0.25, 0.3) is 0 Å². The zero-order valence-corrected chi connectivity index (χ0v) is 16.1. The molecule has 0 saturated carbocycles. The first kappa shape index (κ1) is 18.3. The highest BCUT2D eigenvalue weighted by molar-refractivity contribution is 6.30. The lowest BCUT2D eigenvalue weighted by Crippen LogP contribution is -2.39. The van der Waals surface area contributed by atoms with Crippen LogP contribution in [0.4, 0.5) is 0 Å². The first-order chi connectivity index (χ1) is 12.6. The normalized spacial score (nSPS) is 11.9. The number of aromatic nitrogens is 4. The summed E-state index contributed by atoms with van der Waals surface area (Å²) in [5, 5.41) is 12.5. The molecule has 0 bridgehead atoms. The molecule has 8 heteroatoms. The molecule has 0 spiro atoms. The maximum absolute atomic E-state index is 6.08. The number of fused-ring (bicyclic) bond motifs is 1. The van der Waals surface area contributed by atoms with Crippen LogP contribution in [0.15, 0.2) is 41.7 Å². The number of nitrogens with zero attached hydrogens (tertiary/aromatic N) is 6. The minimum atomic E-state index is 0.635. The van der Waals surface area contributed by atoms with Gasteiger partial charge in [0.2, 0.25) is 0 Å². The van der Waals surface area contributed by atoms with Crippen LogP contribution < -0.4 is 5.32 Å². The molecular formula is C18H24ClN7. The molecule has 3 aromatic heterocycles. The Labute approximate surface area is 158 Å². The summed E-state index contributed by atoms with van der Waals surface area (Å²) in [6, 6.07) is 7.86. The lowest BCUT2D eigenvalue weighted by molar-refractivity contribution is 0.462. The van der Waals surface area contributed by atoms with Gasteiger partial charge in [-0.2, -0.15) is 0 Å². The number of aliphatic imine (C=N–C) groups is 1. The molecule has 3 rings (SSSR count). The molecule has 0 fully saturated rings. The minimum Gasteiger partial charge on any atom is -0.357 e. The summed E-state index contributed by atoms with van der Waals surface area (Å²) in [5.74, 6) is 1.77. The van der Waals surface area contributed by atoms with Crippen molar-refractivity contribution in [2.45, 2.75) is 19.9 Å². The van der Waals surface area contributed by atoms with Crippen LogP contribution in [0.5, 0.6) is 0 Å². The first-order valence-corrected chi connectivity index (χ1v) is 9.05. The molecule has 0 amide bonds. The lowest BCUT2D eigenvalue weighted by atomic mass is 10.4. The Morgan fingerprint density at radius 3 is 2.92 bits per heavy atom. The number of nitrogens with one attached hydrogen (secondary N) is 1. The van der Waals surface area contributed by atoms with E-state index in [1.165, 1.54) is 0 Å². The number of pyridine rings is 1. The highest BCUT2D eigenvalue weighted by Gasteiger charge is 2.10. The SMILES string of the molecule is CCNC(=NCCc1nnc2ccccn12)N(C)Cc1cc(Cl)cn1C. The second-order valence-corrected chi connectivity index (χ2v) is 6.58. The average Bonchev–Trinajstić information content (AvgIpc) is 3.17. The molecule has 3 aromatic rings. The van der Waals surface area contributed by atoms with Gasteiger partial charge in [-0.3, -0.25) is 9.39 Å². The second kappa shape index (κ2) is 8.23. The Balaban J connectivity index is 1.67. The monoisotopic (exact) mass is 373 g/mol. The van der Waals surface area contributed by atoms with Gasteiger partial charge in [0.05, 0.1) is 11.6 Å². The van der Waals surface area contributed by atoms with E-state index in [-0.39, 0.29) is 0 Å². The van der Waals surface area contributed by atoms with Crippen molar-refractivity contribution >= 4 is 23.2 Å². The van der Waals surface area contributed by atoms with E-state index < -0.39 is 0 Å². The van der Waals surface area contributed by atoms with Crippen LogP contribution in [0.3, 0.4) is 0 Å². The van der Waals surface area contributed by atoms with Crippen molar-refractivity contribution in [1.82, 2.24) is 29.4 Å². The minimum absolute atomic E-state index is 0.635. The molecule has 0 unspecified atom stereocenters. The standard InChI is InChI=1S/C18H24ClN7/c1-4-20-18(25(3)13-15-11-14(19)12-24(15)2)21-9-8-17-23-22-16-7-5-6-10-26(16)17/h5-7,10-12H,4,8-9,13H2,1-3H3,(H,20,21). The van der Waals surface area contributed by atoms with Gasteiger partial charge in [-0.1, -0.05) is 17.7 Å². The van der Waals surface area contributed by atoms with Gasteiger partial charge >= 0.3 is 0 Å². The largest absolute Gasteiger partial charge is 0.357 e. The van der Waals surface area contributed by atoms with Gasteiger partial charge in [0, 0.05) is 51.7 Å². The molecule has 138 valence electrons. The molecule has 26 heavy (non-hydrogen) atoms. The van der Waals surface area contributed by atoms with Crippen LogP contribution in [-0.2, 0) is 20.0 Å². The van der Waals surface area contributed by atoms with Crippen molar-refractivity contribution in [1.29, 1.82) is 0 Å². The Bertz CT molecular complexity index is 896. The predicted octanol–water partition coefficient (Wildman–Crippen LogP) is 2.36. The van der Waals surface area contributed by atoms with Crippen LogP contribution in [-0.4, -0.2) is 50.2 Å². The maximum Gasteiger partial charge on any atom is 0.194 e. The smallest absolute Gasteiger partial charge is 0.194 e. The Kier molecular flexibility index (Phi) is 5.78. The van der Waals surface area contributed by atoms with Crippen LogP contribution in [0.25, 0.3) is 5.65 Å². The van der Waals surface area contributed by atoms with Gasteiger partial charge in [-0.05, 0) is 25.1 Å². The molecule has 1 N–H and O–H groups in total. The molecule has 7 nitrogen and oxygen atoms in total. The third-order valence-corrected chi connectivity index (χ3v) is 4.36. The van der Waals surface area contributed by atoms with Gasteiger partial charge in [-0.25, -0.2) is 0 Å². The van der Waals surface area contributed by atoms with Crippen molar-refractivity contribution < 1.29 is 0 Å². The summed E-state index contributed by atoms with van der Waals surface area (Å²) in [6.07, 6.45) is 4.61. The molecular weight excluding hydrogens is 350 g/mol. The maximum atomic E-state index is 6.08. The summed E-state index contributed by atoms with van der Waals surface area (Å²) in [7, 11) is 4.02. The van der Waals surface area contributed by atoms with Crippen molar-refractivity contribution in [3.63, 3.8) is 0 Å². The predicted molar refractivity (Wildman–Crippen MR) is 105 cm³/mol. The molecule has 0 aliphatic rings. The van der Waals surface area contributed by atoms with E-state index in [0.717, 1.165) is 47.7 Å². The van der Waals surface area contributed by atoms with Crippen molar-refractivity contribution in [2.75, 3.05) is 20.1 Å². The average molecular weight is 374 g/mol. The van der Waals surface area contributed by atoms with E-state index in [0.29, 0.717) is 6.54 Å². The number of hydrogen-bond donors (Lipinski definition) is 1. The molecule has 0 saturated heterocycles. The van der Waals surface area contributed by atoms with Gasteiger partial charge < -0.3 is 14.8 Å². The molecule has 0 radical (unpaired) electrons. The topological polar surface area (TPSA) is 62.8 Å². The summed E-state index contributed by atoms with van der Waals surface area (Å²) >= 11 is 6.08. The van der Waals surface area contributed by atoms with E-state index in [1.54, 1.807) is 0 Å². The van der Waals surface area contributed by atoms with Crippen LogP contribution in [0.2, 0.25) is 5.02 Å². The van der Waals surface area contributed by atoms with Crippen molar-refractivity contribution in [2.24, 2.45) is 12.0 Å². The third kappa shape index (κ3) is 4.16. The van der Waals surface area contributed by atoms with E-state index in [4.69, 9.17) is 16.6 Å². The molecule has 0 atom stereocenters. The third-order valence-electron chi connectivity index (χ3n) is 4.15. The number of aryl methyl sites for hydroxylation is 1. The Morgan fingerprint density at radius 1 is 1.35 bits per heavy atom. The Morgan fingerprint density at radius 2 is 2.19 bits per heavy atom. The second-order valence-electron chi connectivity index (χ2n) is 6.15. The zero-order valence-electron chi connectivity index (χ0n) is 15.4. The summed E-state index contributed by atoms with van der Waals surface area (Å²) in [4.78, 5) is 6.83. The molecule has 0 aliphatic carbocycles. The first-order valence-electron chi connectivity index (χ1n) is 8.67. The van der Waals surface area contributed by atoms with Gasteiger partial charge in [0.15, 0.2) is 11.6 Å².